The topological polar surface area (TPSA) is 92.0 Å². The van der Waals surface area contributed by atoms with Crippen molar-refractivity contribution in [1.82, 2.24) is 9.66 Å². The van der Waals surface area contributed by atoms with Gasteiger partial charge in [-0.05, 0) is 125 Å². The van der Waals surface area contributed by atoms with Gasteiger partial charge in [-0.25, -0.2) is 9.78 Å². The number of carbonyl (C=O) groups is 1. The normalized spacial score (nSPS) is 12.2. The molecule has 0 amide bonds. The number of rotatable bonds is 9. The lowest BCUT2D eigenvalue weighted by molar-refractivity contribution is -0.150. The monoisotopic (exact) mass is 779 g/mol. The maximum absolute atomic E-state index is 13.7. The Morgan fingerprint density at radius 3 is 2.41 bits per heavy atom. The van der Waals surface area contributed by atoms with Gasteiger partial charge in [0.15, 0.2) is 11.9 Å². The first-order chi connectivity index (χ1) is 19.5. The Morgan fingerprint density at radius 2 is 1.78 bits per heavy atom. The van der Waals surface area contributed by atoms with E-state index in [0.29, 0.717) is 22.5 Å². The summed E-state index contributed by atoms with van der Waals surface area (Å²) >= 11 is 4.33. The summed E-state index contributed by atoms with van der Waals surface area (Å²) < 4.78 is 19.5. The van der Waals surface area contributed by atoms with Crippen molar-refractivity contribution in [2.24, 2.45) is 5.10 Å². The number of benzene rings is 3. The number of halogens is 2. The van der Waals surface area contributed by atoms with E-state index in [1.807, 2.05) is 49.4 Å². The quantitative estimate of drug-likeness (QED) is 0.104. The lowest BCUT2D eigenvalue weighted by atomic mass is 9.96. The van der Waals surface area contributed by atoms with Crippen LogP contribution in [0.4, 0.5) is 0 Å². The smallest absolute Gasteiger partial charge is 0.347 e. The molecule has 0 bridgehead atoms. The molecule has 0 saturated heterocycles. The molecule has 1 aromatic heterocycles. The summed E-state index contributed by atoms with van der Waals surface area (Å²) in [6.07, 6.45) is 0.886. The first-order valence-corrected chi connectivity index (χ1v) is 15.3. The summed E-state index contributed by atoms with van der Waals surface area (Å²) in [7, 11) is 1.66. The van der Waals surface area contributed by atoms with Gasteiger partial charge in [-0.15, -0.1) is 0 Å². The molecule has 0 aliphatic rings. The van der Waals surface area contributed by atoms with Crippen LogP contribution in [0.2, 0.25) is 0 Å². The first kappa shape index (κ1) is 30.9. The molecule has 0 N–H and O–H groups in total. The van der Waals surface area contributed by atoms with Crippen LogP contribution in [0.15, 0.2) is 58.4 Å². The van der Waals surface area contributed by atoms with Gasteiger partial charge in [0, 0.05) is 5.56 Å². The molecule has 41 heavy (non-hydrogen) atoms. The van der Waals surface area contributed by atoms with Gasteiger partial charge in [0.05, 0.1) is 38.0 Å². The number of esters is 1. The zero-order valence-electron chi connectivity index (χ0n) is 23.7. The Kier molecular flexibility index (Phi) is 10.1. The fraction of sp³-hybridized carbons (Fsp3) is 0.290. The minimum Gasteiger partial charge on any atom is -0.496 e. The van der Waals surface area contributed by atoms with E-state index in [9.17, 15) is 9.59 Å². The Bertz CT molecular complexity index is 1670. The Labute approximate surface area is 266 Å². The lowest BCUT2D eigenvalue weighted by Crippen LogP contribution is -2.26. The standard InChI is InChI=1S/C31H31I2N3O5/c1-7-40-31(38)19(5)41-28-24(32)13-20(14-25(28)33)16-34-36-29(35-26-11-9-8-10-21(26)30(36)37)23-15-22(17(2)3)27(39-6)12-18(23)4/h8-17,19H,7H2,1-6H3/t19-/m1/s1. The highest BCUT2D eigenvalue weighted by Gasteiger charge is 2.20. The minimum absolute atomic E-state index is 0.199. The highest BCUT2D eigenvalue weighted by molar-refractivity contribution is 14.1. The number of ether oxygens (including phenoxy) is 3. The molecular formula is C31H31I2N3O5. The van der Waals surface area contributed by atoms with Crippen LogP contribution in [-0.2, 0) is 9.53 Å². The van der Waals surface area contributed by atoms with E-state index in [1.165, 1.54) is 4.68 Å². The van der Waals surface area contributed by atoms with Crippen LogP contribution in [0.25, 0.3) is 22.3 Å². The maximum atomic E-state index is 13.7. The zero-order chi connectivity index (χ0) is 29.8. The third-order valence-corrected chi connectivity index (χ3v) is 8.05. The highest BCUT2D eigenvalue weighted by atomic mass is 127. The molecular weight excluding hydrogens is 748 g/mol. The summed E-state index contributed by atoms with van der Waals surface area (Å²) in [6.45, 7) is 9.87. The number of para-hydroxylation sites is 1. The lowest BCUT2D eigenvalue weighted by Gasteiger charge is -2.17. The van der Waals surface area contributed by atoms with Crippen molar-refractivity contribution >= 4 is 68.3 Å². The Morgan fingerprint density at radius 1 is 1.10 bits per heavy atom. The molecule has 4 rings (SSSR count). The summed E-state index contributed by atoms with van der Waals surface area (Å²) in [5.41, 5.74) is 3.82. The average molecular weight is 779 g/mol. The van der Waals surface area contributed by atoms with Gasteiger partial charge in [0.25, 0.3) is 5.56 Å². The molecule has 0 fully saturated rings. The zero-order valence-corrected chi connectivity index (χ0v) is 28.0. The fourth-order valence-electron chi connectivity index (χ4n) is 4.35. The van der Waals surface area contributed by atoms with Crippen LogP contribution in [0.5, 0.6) is 11.5 Å². The molecule has 3 aromatic carbocycles. The number of nitrogens with zero attached hydrogens (tertiary/aromatic N) is 3. The Hall–Kier alpha value is -3.00. The fourth-order valence-corrected chi connectivity index (χ4v) is 6.42. The highest BCUT2D eigenvalue weighted by Crippen LogP contribution is 2.34. The SMILES string of the molecule is CCOC(=O)[C@@H](C)Oc1c(I)cc(C=Nn2c(-c3cc(C(C)C)c(OC)cc3C)nc3ccccc3c2=O)cc1I. The molecule has 8 nitrogen and oxygen atoms in total. The van der Waals surface area contributed by atoms with Gasteiger partial charge in [0.2, 0.25) is 0 Å². The number of carbonyl (C=O) groups excluding carboxylic acids is 1. The van der Waals surface area contributed by atoms with Gasteiger partial charge < -0.3 is 14.2 Å². The van der Waals surface area contributed by atoms with Gasteiger partial charge in [-0.1, -0.05) is 26.0 Å². The average Bonchev–Trinajstić information content (AvgIpc) is 2.94. The molecule has 0 radical (unpaired) electrons. The number of aryl methyl sites for hydroxylation is 1. The summed E-state index contributed by atoms with van der Waals surface area (Å²) in [5.74, 6) is 1.60. The van der Waals surface area contributed by atoms with E-state index < -0.39 is 12.1 Å². The Balaban J connectivity index is 1.83. The van der Waals surface area contributed by atoms with Crippen molar-refractivity contribution in [2.45, 2.75) is 46.6 Å². The van der Waals surface area contributed by atoms with Gasteiger partial charge in [0.1, 0.15) is 11.5 Å². The third kappa shape index (κ3) is 6.74. The molecule has 1 heterocycles. The number of methoxy groups -OCH3 is 1. The first-order valence-electron chi connectivity index (χ1n) is 13.1. The predicted molar refractivity (Wildman–Crippen MR) is 178 cm³/mol. The molecule has 0 aliphatic heterocycles. The van der Waals surface area contributed by atoms with Gasteiger partial charge in [-0.3, -0.25) is 4.79 Å². The molecule has 0 aliphatic carbocycles. The van der Waals surface area contributed by atoms with Crippen molar-refractivity contribution < 1.29 is 19.0 Å². The third-order valence-electron chi connectivity index (χ3n) is 6.45. The van der Waals surface area contributed by atoms with Gasteiger partial charge >= 0.3 is 5.97 Å². The van der Waals surface area contributed by atoms with E-state index >= 15 is 0 Å². The van der Waals surface area contributed by atoms with Crippen molar-refractivity contribution in [1.29, 1.82) is 0 Å². The van der Waals surface area contributed by atoms with Crippen LogP contribution in [0.1, 0.15) is 50.3 Å². The molecule has 4 aromatic rings. The van der Waals surface area contributed by atoms with E-state index in [1.54, 1.807) is 33.2 Å². The molecule has 0 saturated carbocycles. The molecule has 0 spiro atoms. The van der Waals surface area contributed by atoms with E-state index in [4.69, 9.17) is 19.2 Å². The summed E-state index contributed by atoms with van der Waals surface area (Å²) in [5, 5.41) is 5.13. The number of fused-ring (bicyclic) bond motifs is 1. The number of hydrogen-bond donors (Lipinski definition) is 0. The molecule has 0 unspecified atom stereocenters. The van der Waals surface area contributed by atoms with Crippen LogP contribution < -0.4 is 15.0 Å². The van der Waals surface area contributed by atoms with Crippen molar-refractivity contribution in [3.63, 3.8) is 0 Å². The second-order valence-corrected chi connectivity index (χ2v) is 12.0. The van der Waals surface area contributed by atoms with E-state index in [0.717, 1.165) is 35.1 Å². The molecule has 10 heteroatoms. The maximum Gasteiger partial charge on any atom is 0.347 e. The van der Waals surface area contributed by atoms with Crippen LogP contribution in [-0.4, -0.2) is 41.7 Å². The molecule has 1 atom stereocenters. The van der Waals surface area contributed by atoms with E-state index in [2.05, 4.69) is 64.1 Å². The minimum atomic E-state index is -0.746. The summed E-state index contributed by atoms with van der Waals surface area (Å²) in [4.78, 5) is 30.7. The van der Waals surface area contributed by atoms with Crippen LogP contribution in [0.3, 0.4) is 0 Å². The van der Waals surface area contributed by atoms with Crippen molar-refractivity contribution in [3.8, 4) is 22.9 Å². The number of aromatic nitrogens is 2. The van der Waals surface area contributed by atoms with E-state index in [-0.39, 0.29) is 18.1 Å². The summed E-state index contributed by atoms with van der Waals surface area (Å²) in [6, 6.07) is 15.0. The van der Waals surface area contributed by atoms with Gasteiger partial charge in [-0.2, -0.15) is 9.78 Å². The second kappa shape index (κ2) is 13.3. The number of hydrogen-bond acceptors (Lipinski definition) is 7. The van der Waals surface area contributed by atoms with Crippen LogP contribution >= 0.6 is 45.2 Å². The van der Waals surface area contributed by atoms with Crippen molar-refractivity contribution in [2.75, 3.05) is 13.7 Å². The molecule has 214 valence electrons. The van der Waals surface area contributed by atoms with Crippen LogP contribution in [0, 0.1) is 14.1 Å². The van der Waals surface area contributed by atoms with Crippen molar-refractivity contribution in [3.05, 3.63) is 82.7 Å². The predicted octanol–water partition coefficient (Wildman–Crippen LogP) is 6.93. The second-order valence-electron chi connectivity index (χ2n) is 9.70. The largest absolute Gasteiger partial charge is 0.496 e.